The summed E-state index contributed by atoms with van der Waals surface area (Å²) in [6, 6.07) is 8.73. The Hall–Kier alpha value is -0.610. The lowest BCUT2D eigenvalue weighted by atomic mass is 9.94. The van der Waals surface area contributed by atoms with Gasteiger partial charge in [0, 0.05) is 30.2 Å². The van der Waals surface area contributed by atoms with Crippen LogP contribution in [0.25, 0.3) is 0 Å². The summed E-state index contributed by atoms with van der Waals surface area (Å²) in [6.45, 7) is 0. The van der Waals surface area contributed by atoms with E-state index < -0.39 is 0 Å². The predicted octanol–water partition coefficient (Wildman–Crippen LogP) is 4.57. The minimum atomic E-state index is 0.181. The molecule has 1 amide bonds. The molecule has 0 bridgehead atoms. The summed E-state index contributed by atoms with van der Waals surface area (Å²) in [5.41, 5.74) is 2.18. The normalized spacial score (nSPS) is 20.6. The van der Waals surface area contributed by atoms with E-state index in [0.29, 0.717) is 10.6 Å². The molecular weight excluding hydrogens is 298 g/mol. The number of thioether (sulfide) groups is 2. The van der Waals surface area contributed by atoms with Gasteiger partial charge in [0.1, 0.15) is 0 Å². The lowest BCUT2D eigenvalue weighted by Crippen LogP contribution is -2.38. The molecule has 0 unspecified atom stereocenters. The van der Waals surface area contributed by atoms with Crippen LogP contribution < -0.4 is 0 Å². The van der Waals surface area contributed by atoms with E-state index in [1.807, 2.05) is 47.6 Å². The van der Waals surface area contributed by atoms with Crippen molar-refractivity contribution in [2.75, 3.05) is 18.6 Å². The van der Waals surface area contributed by atoms with Gasteiger partial charge in [-0.2, -0.15) is 0 Å². The molecule has 4 heteroatoms. The Morgan fingerprint density at radius 2 is 1.67 bits per heavy atom. The van der Waals surface area contributed by atoms with Crippen molar-refractivity contribution in [1.82, 2.24) is 4.90 Å². The van der Waals surface area contributed by atoms with Crippen molar-refractivity contribution in [3.8, 4) is 0 Å². The van der Waals surface area contributed by atoms with E-state index in [-0.39, 0.29) is 5.91 Å². The number of carbonyl (C=O) groups is 1. The fraction of sp³-hybridized carbons (Fsp3) is 0.588. The van der Waals surface area contributed by atoms with Crippen molar-refractivity contribution >= 4 is 29.4 Å². The first-order valence-electron chi connectivity index (χ1n) is 7.86. The molecule has 2 fully saturated rings. The second-order valence-electron chi connectivity index (χ2n) is 5.90. The summed E-state index contributed by atoms with van der Waals surface area (Å²) in [4.78, 5) is 14.6. The van der Waals surface area contributed by atoms with Gasteiger partial charge in [-0.15, -0.1) is 23.5 Å². The average molecular weight is 322 g/mol. The third kappa shape index (κ3) is 3.59. The SMILES string of the molecule is CN(C(=O)c1ccc(C2SCCS2)cc1)C1CCCCC1. The maximum Gasteiger partial charge on any atom is 0.253 e. The van der Waals surface area contributed by atoms with Crippen LogP contribution in [0.3, 0.4) is 0 Å². The maximum absolute atomic E-state index is 12.6. The topological polar surface area (TPSA) is 20.3 Å². The Morgan fingerprint density at radius 3 is 2.29 bits per heavy atom. The molecule has 2 nitrogen and oxygen atoms in total. The molecule has 21 heavy (non-hydrogen) atoms. The molecular formula is C17H23NOS2. The first-order chi connectivity index (χ1) is 10.3. The van der Waals surface area contributed by atoms with E-state index in [4.69, 9.17) is 0 Å². The van der Waals surface area contributed by atoms with Gasteiger partial charge in [0.2, 0.25) is 0 Å². The first kappa shape index (κ1) is 15.3. The van der Waals surface area contributed by atoms with Crippen molar-refractivity contribution in [3.05, 3.63) is 35.4 Å². The molecule has 1 aromatic carbocycles. The molecule has 0 radical (unpaired) electrons. The summed E-state index contributed by atoms with van der Waals surface area (Å²) < 4.78 is 0.560. The lowest BCUT2D eigenvalue weighted by Gasteiger charge is -2.31. The number of amides is 1. The molecule has 1 aromatic rings. The van der Waals surface area contributed by atoms with Crippen molar-refractivity contribution in [2.24, 2.45) is 0 Å². The molecule has 114 valence electrons. The van der Waals surface area contributed by atoms with Crippen LogP contribution in [0, 0.1) is 0 Å². The maximum atomic E-state index is 12.6. The third-order valence-corrected chi connectivity index (χ3v) is 7.60. The largest absolute Gasteiger partial charge is 0.339 e. The highest BCUT2D eigenvalue weighted by atomic mass is 32.2. The van der Waals surface area contributed by atoms with E-state index in [1.54, 1.807) is 0 Å². The van der Waals surface area contributed by atoms with Gasteiger partial charge in [0.25, 0.3) is 5.91 Å². The smallest absolute Gasteiger partial charge is 0.253 e. The molecule has 1 heterocycles. The fourth-order valence-electron chi connectivity index (χ4n) is 3.17. The third-order valence-electron chi connectivity index (χ3n) is 4.49. The second-order valence-corrected chi connectivity index (χ2v) is 8.63. The van der Waals surface area contributed by atoms with Crippen LogP contribution in [0.1, 0.15) is 52.6 Å². The average Bonchev–Trinajstić information content (AvgIpc) is 3.09. The quantitative estimate of drug-likeness (QED) is 0.813. The van der Waals surface area contributed by atoms with Gasteiger partial charge in [-0.3, -0.25) is 4.79 Å². The monoisotopic (exact) mass is 321 g/mol. The molecule has 1 saturated heterocycles. The highest BCUT2D eigenvalue weighted by Crippen LogP contribution is 2.45. The Bertz CT molecular complexity index is 476. The standard InChI is InChI=1S/C17H23NOS2/c1-18(15-5-3-2-4-6-15)16(19)13-7-9-14(10-8-13)17-20-11-12-21-17/h7-10,15,17H,2-6,11-12H2,1H3. The second kappa shape index (κ2) is 7.10. The van der Waals surface area contributed by atoms with Crippen LogP contribution in [-0.4, -0.2) is 35.4 Å². The van der Waals surface area contributed by atoms with Crippen molar-refractivity contribution in [2.45, 2.75) is 42.7 Å². The van der Waals surface area contributed by atoms with E-state index in [9.17, 15) is 4.79 Å². The van der Waals surface area contributed by atoms with Gasteiger partial charge in [-0.1, -0.05) is 31.4 Å². The number of carbonyl (C=O) groups excluding carboxylic acids is 1. The molecule has 3 rings (SSSR count). The van der Waals surface area contributed by atoms with E-state index in [2.05, 4.69) is 12.1 Å². The Kier molecular flexibility index (Phi) is 5.17. The number of nitrogens with zero attached hydrogens (tertiary/aromatic N) is 1. The number of benzene rings is 1. The van der Waals surface area contributed by atoms with Crippen molar-refractivity contribution in [3.63, 3.8) is 0 Å². The zero-order chi connectivity index (χ0) is 14.7. The van der Waals surface area contributed by atoms with Crippen LogP contribution in [0.4, 0.5) is 0 Å². The van der Waals surface area contributed by atoms with Gasteiger partial charge in [-0.25, -0.2) is 0 Å². The first-order valence-corrected chi connectivity index (χ1v) is 9.96. The van der Waals surface area contributed by atoms with Crippen LogP contribution >= 0.6 is 23.5 Å². The molecule has 0 aromatic heterocycles. The highest BCUT2D eigenvalue weighted by molar-refractivity contribution is 8.19. The summed E-state index contributed by atoms with van der Waals surface area (Å²) in [5.74, 6) is 2.65. The van der Waals surface area contributed by atoms with Gasteiger partial charge >= 0.3 is 0 Å². The molecule has 2 aliphatic rings. The highest BCUT2D eigenvalue weighted by Gasteiger charge is 2.23. The van der Waals surface area contributed by atoms with Gasteiger partial charge < -0.3 is 4.90 Å². The zero-order valence-electron chi connectivity index (χ0n) is 12.6. The van der Waals surface area contributed by atoms with Crippen LogP contribution in [0.5, 0.6) is 0 Å². The summed E-state index contributed by atoms with van der Waals surface area (Å²) in [7, 11) is 1.97. The van der Waals surface area contributed by atoms with Crippen molar-refractivity contribution < 1.29 is 4.79 Å². The Balaban J connectivity index is 1.66. The van der Waals surface area contributed by atoms with E-state index in [1.165, 1.54) is 36.3 Å². The zero-order valence-corrected chi connectivity index (χ0v) is 14.2. The molecule has 0 atom stereocenters. The van der Waals surface area contributed by atoms with Crippen molar-refractivity contribution in [1.29, 1.82) is 0 Å². The Morgan fingerprint density at radius 1 is 1.05 bits per heavy atom. The van der Waals surface area contributed by atoms with E-state index in [0.717, 1.165) is 18.4 Å². The summed E-state index contributed by atoms with van der Waals surface area (Å²) in [5, 5.41) is 0. The lowest BCUT2D eigenvalue weighted by molar-refractivity contribution is 0.0696. The van der Waals surface area contributed by atoms with Gasteiger partial charge in [-0.05, 0) is 30.5 Å². The molecule has 0 N–H and O–H groups in total. The minimum absolute atomic E-state index is 0.181. The van der Waals surface area contributed by atoms with Gasteiger partial charge in [0.15, 0.2) is 0 Å². The minimum Gasteiger partial charge on any atom is -0.339 e. The Labute approximate surface area is 136 Å². The molecule has 0 spiro atoms. The van der Waals surface area contributed by atoms with E-state index >= 15 is 0 Å². The number of rotatable bonds is 3. The molecule has 1 aliphatic carbocycles. The summed E-state index contributed by atoms with van der Waals surface area (Å²) in [6.07, 6.45) is 6.17. The summed E-state index contributed by atoms with van der Waals surface area (Å²) >= 11 is 4.01. The molecule has 1 saturated carbocycles. The number of hydrogen-bond acceptors (Lipinski definition) is 3. The molecule has 1 aliphatic heterocycles. The van der Waals surface area contributed by atoms with Gasteiger partial charge in [0.05, 0.1) is 4.58 Å². The fourth-order valence-corrected chi connectivity index (χ4v) is 6.03. The number of hydrogen-bond donors (Lipinski definition) is 0. The van der Waals surface area contributed by atoms with Crippen LogP contribution in [0.15, 0.2) is 24.3 Å². The van der Waals surface area contributed by atoms with Crippen LogP contribution in [-0.2, 0) is 0 Å². The predicted molar refractivity (Wildman–Crippen MR) is 93.1 cm³/mol. The van der Waals surface area contributed by atoms with Crippen LogP contribution in [0.2, 0.25) is 0 Å².